The number of rotatable bonds is 6. The summed E-state index contributed by atoms with van der Waals surface area (Å²) in [4.78, 5) is 22.0. The number of carbonyl (C=O) groups is 1. The highest BCUT2D eigenvalue weighted by Gasteiger charge is 2.30. The van der Waals surface area contributed by atoms with Gasteiger partial charge < -0.3 is 14.2 Å². The number of ether oxygens (including phenoxy) is 3. The summed E-state index contributed by atoms with van der Waals surface area (Å²) in [5.74, 6) is 3.07. The number of methoxy groups -OCH3 is 3. The van der Waals surface area contributed by atoms with Crippen LogP contribution in [0, 0.1) is 0 Å². The van der Waals surface area contributed by atoms with E-state index in [2.05, 4.69) is 15.1 Å². The first-order valence-corrected chi connectivity index (χ1v) is 10.3. The third kappa shape index (κ3) is 3.50. The van der Waals surface area contributed by atoms with E-state index in [4.69, 9.17) is 14.2 Å². The quantitative estimate of drug-likeness (QED) is 0.569. The van der Waals surface area contributed by atoms with E-state index in [0.717, 1.165) is 17.0 Å². The lowest BCUT2D eigenvalue weighted by atomic mass is 9.82. The Bertz CT molecular complexity index is 1060. The first-order chi connectivity index (χ1) is 14.1. The van der Waals surface area contributed by atoms with Gasteiger partial charge in [0.1, 0.15) is 0 Å². The van der Waals surface area contributed by atoms with Crippen LogP contribution in [0.3, 0.4) is 0 Å². The van der Waals surface area contributed by atoms with E-state index in [1.54, 1.807) is 43.8 Å². The molecule has 2 aromatic heterocycles. The van der Waals surface area contributed by atoms with Crippen molar-refractivity contribution in [2.24, 2.45) is 0 Å². The van der Waals surface area contributed by atoms with Crippen molar-refractivity contribution in [2.45, 2.75) is 30.8 Å². The Morgan fingerprint density at radius 3 is 2.45 bits per heavy atom. The van der Waals surface area contributed by atoms with Crippen LogP contribution >= 0.6 is 11.8 Å². The first-order valence-electron chi connectivity index (χ1n) is 9.30. The largest absolute Gasteiger partial charge is 0.493 e. The number of fused-ring (bicyclic) bond motifs is 2. The van der Waals surface area contributed by atoms with Gasteiger partial charge in [-0.3, -0.25) is 4.79 Å². The molecule has 0 amide bonds. The second kappa shape index (κ2) is 7.90. The highest BCUT2D eigenvalue weighted by molar-refractivity contribution is 7.99. The average molecular weight is 414 g/mol. The number of benzene rings is 1. The van der Waals surface area contributed by atoms with Gasteiger partial charge >= 0.3 is 0 Å². The zero-order valence-corrected chi connectivity index (χ0v) is 17.6. The highest BCUT2D eigenvalue weighted by atomic mass is 32.2. The van der Waals surface area contributed by atoms with Gasteiger partial charge in [-0.1, -0.05) is 18.7 Å². The predicted octanol–water partition coefficient (Wildman–Crippen LogP) is 3.17. The van der Waals surface area contributed by atoms with Gasteiger partial charge in [-0.05, 0) is 35.8 Å². The van der Waals surface area contributed by atoms with Crippen molar-refractivity contribution >= 4 is 23.3 Å². The van der Waals surface area contributed by atoms with Crippen molar-refractivity contribution in [3.8, 4) is 17.2 Å². The van der Waals surface area contributed by atoms with E-state index in [9.17, 15) is 4.79 Å². The Hall–Kier alpha value is -2.81. The molecule has 1 aliphatic carbocycles. The number of Topliss-reactive ketones (excluding diaryl/α,β-unsaturated/α-hetero) is 1. The molecule has 0 aliphatic heterocycles. The Labute approximate surface area is 172 Å². The normalized spacial score (nSPS) is 16.0. The molecule has 0 saturated carbocycles. The van der Waals surface area contributed by atoms with Crippen molar-refractivity contribution in [1.82, 2.24) is 19.6 Å². The van der Waals surface area contributed by atoms with Crippen molar-refractivity contribution in [3.63, 3.8) is 0 Å². The third-order valence-corrected chi connectivity index (χ3v) is 5.71. The van der Waals surface area contributed by atoms with Crippen LogP contribution in [0.2, 0.25) is 0 Å². The molecular weight excluding hydrogens is 392 g/mol. The molecule has 8 nitrogen and oxygen atoms in total. The van der Waals surface area contributed by atoms with Crippen LogP contribution < -0.4 is 14.2 Å². The van der Waals surface area contributed by atoms with E-state index in [0.29, 0.717) is 46.6 Å². The molecule has 0 N–H and O–H groups in total. The predicted molar refractivity (Wildman–Crippen MR) is 109 cm³/mol. The van der Waals surface area contributed by atoms with Crippen molar-refractivity contribution in [2.75, 3.05) is 27.1 Å². The lowest BCUT2D eigenvalue weighted by Gasteiger charge is -2.24. The average Bonchev–Trinajstić information content (AvgIpc) is 3.12. The SMILES string of the molecule is CCSc1nc2nc3c(cn2n1)C(=O)C[C@H](c1cc(OC)c(OC)c(OC)c1)C3. The summed E-state index contributed by atoms with van der Waals surface area (Å²) in [5, 5.41) is 5.06. The lowest BCUT2D eigenvalue weighted by molar-refractivity contribution is 0.0962. The smallest absolute Gasteiger partial charge is 0.253 e. The van der Waals surface area contributed by atoms with Crippen LogP contribution in [0.25, 0.3) is 5.78 Å². The van der Waals surface area contributed by atoms with Gasteiger partial charge in [0.05, 0.1) is 32.6 Å². The minimum absolute atomic E-state index is 0.0361. The van der Waals surface area contributed by atoms with Crippen LogP contribution in [-0.2, 0) is 6.42 Å². The molecule has 1 aliphatic rings. The molecule has 9 heteroatoms. The molecule has 29 heavy (non-hydrogen) atoms. The summed E-state index contributed by atoms with van der Waals surface area (Å²) >= 11 is 1.55. The lowest BCUT2D eigenvalue weighted by Crippen LogP contribution is -2.21. The second-order valence-corrected chi connectivity index (χ2v) is 7.89. The fourth-order valence-corrected chi connectivity index (χ4v) is 4.18. The summed E-state index contributed by atoms with van der Waals surface area (Å²) in [6.45, 7) is 2.04. The zero-order chi connectivity index (χ0) is 20.5. The number of aromatic nitrogens is 4. The summed E-state index contributed by atoms with van der Waals surface area (Å²) in [6, 6.07) is 3.80. The molecule has 152 valence electrons. The number of hydrogen-bond donors (Lipinski definition) is 0. The van der Waals surface area contributed by atoms with Crippen LogP contribution in [0.5, 0.6) is 17.2 Å². The Morgan fingerprint density at radius 2 is 1.83 bits per heavy atom. The molecule has 0 saturated heterocycles. The number of thioether (sulfide) groups is 1. The maximum Gasteiger partial charge on any atom is 0.253 e. The molecule has 0 spiro atoms. The van der Waals surface area contributed by atoms with Crippen LogP contribution in [-0.4, -0.2) is 52.4 Å². The van der Waals surface area contributed by atoms with Crippen LogP contribution in [0.1, 0.15) is 40.9 Å². The van der Waals surface area contributed by atoms with Gasteiger partial charge in [0.2, 0.25) is 10.9 Å². The number of hydrogen-bond acceptors (Lipinski definition) is 8. The molecule has 0 bridgehead atoms. The Balaban J connectivity index is 1.73. The number of nitrogens with zero attached hydrogens (tertiary/aromatic N) is 4. The second-order valence-electron chi connectivity index (χ2n) is 6.66. The van der Waals surface area contributed by atoms with Gasteiger partial charge in [-0.15, -0.1) is 5.10 Å². The maximum atomic E-state index is 12.9. The Morgan fingerprint density at radius 1 is 1.10 bits per heavy atom. The van der Waals surface area contributed by atoms with E-state index in [1.165, 1.54) is 0 Å². The molecule has 4 rings (SSSR count). The van der Waals surface area contributed by atoms with Gasteiger partial charge in [0.15, 0.2) is 17.3 Å². The zero-order valence-electron chi connectivity index (χ0n) is 16.8. The standard InChI is InChI=1S/C20H22N4O4S/c1-5-29-20-22-19-21-14-6-11(7-15(25)13(14)10-24(19)23-20)12-8-16(26-2)18(28-4)17(9-12)27-3/h8-11H,5-7H2,1-4H3/t11-/m1/s1. The molecular formula is C20H22N4O4S. The maximum absolute atomic E-state index is 12.9. The summed E-state index contributed by atoms with van der Waals surface area (Å²) in [7, 11) is 4.73. The van der Waals surface area contributed by atoms with E-state index in [1.807, 2.05) is 19.1 Å². The molecule has 1 aromatic carbocycles. The van der Waals surface area contributed by atoms with Gasteiger partial charge in [-0.25, -0.2) is 9.50 Å². The third-order valence-electron chi connectivity index (χ3n) is 4.99. The van der Waals surface area contributed by atoms with Gasteiger partial charge in [0, 0.05) is 12.6 Å². The van der Waals surface area contributed by atoms with E-state index in [-0.39, 0.29) is 11.7 Å². The summed E-state index contributed by atoms with van der Waals surface area (Å²) in [5.41, 5.74) is 2.30. The van der Waals surface area contributed by atoms with Gasteiger partial charge in [0.25, 0.3) is 5.78 Å². The molecule has 2 heterocycles. The molecule has 1 atom stereocenters. The molecule has 0 fully saturated rings. The molecule has 0 radical (unpaired) electrons. The first kappa shape index (κ1) is 19.5. The summed E-state index contributed by atoms with van der Waals surface area (Å²) < 4.78 is 17.9. The monoisotopic (exact) mass is 414 g/mol. The number of ketones is 1. The number of carbonyl (C=O) groups excluding carboxylic acids is 1. The van der Waals surface area contributed by atoms with Crippen LogP contribution in [0.4, 0.5) is 0 Å². The van der Waals surface area contributed by atoms with Crippen molar-refractivity contribution in [1.29, 1.82) is 0 Å². The van der Waals surface area contributed by atoms with Crippen molar-refractivity contribution in [3.05, 3.63) is 35.2 Å². The van der Waals surface area contributed by atoms with Crippen LogP contribution in [0.15, 0.2) is 23.5 Å². The molecule has 3 aromatic rings. The van der Waals surface area contributed by atoms with Gasteiger partial charge in [-0.2, -0.15) is 4.98 Å². The van der Waals surface area contributed by atoms with E-state index >= 15 is 0 Å². The fourth-order valence-electron chi connectivity index (χ4n) is 3.63. The minimum atomic E-state index is -0.0361. The minimum Gasteiger partial charge on any atom is -0.493 e. The topological polar surface area (TPSA) is 87.8 Å². The highest BCUT2D eigenvalue weighted by Crippen LogP contribution is 2.42. The fraction of sp³-hybridized carbons (Fsp3) is 0.400. The Kier molecular flexibility index (Phi) is 5.31. The summed E-state index contributed by atoms with van der Waals surface area (Å²) in [6.07, 6.45) is 2.75. The van der Waals surface area contributed by atoms with E-state index < -0.39 is 0 Å². The van der Waals surface area contributed by atoms with Crippen molar-refractivity contribution < 1.29 is 19.0 Å². The molecule has 0 unspecified atom stereocenters.